The number of imidazole rings is 1. The van der Waals surface area contributed by atoms with E-state index in [0.717, 1.165) is 74.5 Å². The second-order valence-corrected chi connectivity index (χ2v) is 8.64. The zero-order valence-electron chi connectivity index (χ0n) is 17.8. The Kier molecular flexibility index (Phi) is 5.94. The van der Waals surface area contributed by atoms with Gasteiger partial charge in [0.2, 0.25) is 5.91 Å². The Morgan fingerprint density at radius 3 is 2.41 bits per heavy atom. The van der Waals surface area contributed by atoms with Gasteiger partial charge < -0.3 is 14.7 Å². The first-order valence-electron chi connectivity index (χ1n) is 11.0. The summed E-state index contributed by atoms with van der Waals surface area (Å²) in [5.74, 6) is 2.04. The van der Waals surface area contributed by atoms with Crippen molar-refractivity contribution in [3.63, 3.8) is 0 Å². The standard InChI is InChI=1S/C23H26ClN7O/c24-19-3-1-2-4-20(19)28-11-13-30(14-12-28)23(32)18-5-8-29(9-6-18)21-15-22(27-16-26-21)31-10-7-25-17-31/h1-4,7,10,15-18H,5-6,8-9,11-14H2. The number of anilines is 2. The smallest absolute Gasteiger partial charge is 0.225 e. The zero-order chi connectivity index (χ0) is 21.9. The van der Waals surface area contributed by atoms with E-state index in [2.05, 4.69) is 24.8 Å². The van der Waals surface area contributed by atoms with Gasteiger partial charge in [0.25, 0.3) is 0 Å². The molecule has 0 unspecified atom stereocenters. The van der Waals surface area contributed by atoms with Crippen molar-refractivity contribution in [1.82, 2.24) is 24.4 Å². The Labute approximate surface area is 192 Å². The lowest BCUT2D eigenvalue weighted by Crippen LogP contribution is -2.51. The molecule has 5 rings (SSSR count). The number of hydrogen-bond acceptors (Lipinski definition) is 6. The van der Waals surface area contributed by atoms with Crippen LogP contribution in [0.25, 0.3) is 5.82 Å². The Morgan fingerprint density at radius 1 is 0.938 bits per heavy atom. The van der Waals surface area contributed by atoms with Gasteiger partial charge in [-0.05, 0) is 25.0 Å². The molecule has 0 spiro atoms. The summed E-state index contributed by atoms with van der Waals surface area (Å²) in [4.78, 5) is 32.5. The number of halogens is 1. The van der Waals surface area contributed by atoms with E-state index in [1.807, 2.05) is 46.0 Å². The second-order valence-electron chi connectivity index (χ2n) is 8.23. The highest BCUT2D eigenvalue weighted by Crippen LogP contribution is 2.28. The van der Waals surface area contributed by atoms with Crippen molar-refractivity contribution in [2.45, 2.75) is 12.8 Å². The molecule has 0 saturated carbocycles. The van der Waals surface area contributed by atoms with Crippen LogP contribution in [-0.2, 0) is 4.79 Å². The minimum atomic E-state index is 0.0769. The van der Waals surface area contributed by atoms with Gasteiger partial charge in [-0.2, -0.15) is 0 Å². The Hall–Kier alpha value is -3.13. The minimum Gasteiger partial charge on any atom is -0.367 e. The molecule has 4 heterocycles. The van der Waals surface area contributed by atoms with Crippen LogP contribution in [0.3, 0.4) is 0 Å². The number of piperazine rings is 1. The van der Waals surface area contributed by atoms with E-state index in [1.54, 1.807) is 18.9 Å². The molecule has 2 fully saturated rings. The number of carbonyl (C=O) groups is 1. The maximum absolute atomic E-state index is 13.1. The average Bonchev–Trinajstić information content (AvgIpc) is 3.40. The second kappa shape index (κ2) is 9.16. The lowest BCUT2D eigenvalue weighted by molar-refractivity contribution is -0.136. The minimum absolute atomic E-state index is 0.0769. The lowest BCUT2D eigenvalue weighted by Gasteiger charge is -2.39. The molecule has 8 nitrogen and oxygen atoms in total. The molecule has 0 atom stereocenters. The first-order valence-corrected chi connectivity index (χ1v) is 11.4. The molecule has 1 aromatic carbocycles. The molecule has 1 amide bonds. The van der Waals surface area contributed by atoms with Crippen molar-refractivity contribution in [2.75, 3.05) is 49.1 Å². The number of amides is 1. The maximum Gasteiger partial charge on any atom is 0.225 e. The third kappa shape index (κ3) is 4.27. The molecule has 0 aliphatic carbocycles. The van der Waals surface area contributed by atoms with E-state index in [0.29, 0.717) is 0 Å². The van der Waals surface area contributed by atoms with E-state index < -0.39 is 0 Å². The fourth-order valence-electron chi connectivity index (χ4n) is 4.54. The third-order valence-corrected chi connectivity index (χ3v) is 6.68. The van der Waals surface area contributed by atoms with Crippen LogP contribution in [-0.4, -0.2) is 69.6 Å². The van der Waals surface area contributed by atoms with Crippen LogP contribution in [0, 0.1) is 5.92 Å². The molecule has 0 bridgehead atoms. The van der Waals surface area contributed by atoms with Crippen LogP contribution < -0.4 is 9.80 Å². The van der Waals surface area contributed by atoms with Gasteiger partial charge in [-0.3, -0.25) is 9.36 Å². The van der Waals surface area contributed by atoms with Gasteiger partial charge in [-0.1, -0.05) is 23.7 Å². The van der Waals surface area contributed by atoms with E-state index >= 15 is 0 Å². The maximum atomic E-state index is 13.1. The highest BCUT2D eigenvalue weighted by molar-refractivity contribution is 6.33. The van der Waals surface area contributed by atoms with Gasteiger partial charge in [0.05, 0.1) is 10.7 Å². The van der Waals surface area contributed by atoms with Gasteiger partial charge >= 0.3 is 0 Å². The summed E-state index contributed by atoms with van der Waals surface area (Å²) in [5.41, 5.74) is 1.05. The van der Waals surface area contributed by atoms with E-state index in [1.165, 1.54) is 0 Å². The van der Waals surface area contributed by atoms with Gasteiger partial charge in [-0.15, -0.1) is 0 Å². The molecule has 2 aliphatic rings. The number of piperidine rings is 1. The van der Waals surface area contributed by atoms with Crippen molar-refractivity contribution in [1.29, 1.82) is 0 Å². The van der Waals surface area contributed by atoms with E-state index in [4.69, 9.17) is 11.6 Å². The fourth-order valence-corrected chi connectivity index (χ4v) is 4.79. The molecule has 32 heavy (non-hydrogen) atoms. The zero-order valence-corrected chi connectivity index (χ0v) is 18.6. The van der Waals surface area contributed by atoms with Crippen molar-refractivity contribution in [3.05, 3.63) is 60.4 Å². The van der Waals surface area contributed by atoms with Crippen molar-refractivity contribution < 1.29 is 4.79 Å². The summed E-state index contributed by atoms with van der Waals surface area (Å²) in [6.45, 7) is 4.74. The molecule has 3 aromatic rings. The predicted octanol–water partition coefficient (Wildman–Crippen LogP) is 2.88. The number of para-hydroxylation sites is 1. The lowest BCUT2D eigenvalue weighted by atomic mass is 9.95. The van der Waals surface area contributed by atoms with Crippen molar-refractivity contribution in [3.8, 4) is 5.82 Å². The number of aromatic nitrogens is 4. The summed E-state index contributed by atoms with van der Waals surface area (Å²) in [5, 5.41) is 0.764. The van der Waals surface area contributed by atoms with Crippen LogP contribution in [0.1, 0.15) is 12.8 Å². The molecule has 0 N–H and O–H groups in total. The van der Waals surface area contributed by atoms with E-state index in [-0.39, 0.29) is 11.8 Å². The summed E-state index contributed by atoms with van der Waals surface area (Å²) in [6.07, 6.45) is 8.58. The molecule has 2 aliphatic heterocycles. The Morgan fingerprint density at radius 2 is 1.69 bits per heavy atom. The largest absolute Gasteiger partial charge is 0.367 e. The topological polar surface area (TPSA) is 70.4 Å². The van der Waals surface area contributed by atoms with E-state index in [9.17, 15) is 4.79 Å². The van der Waals surface area contributed by atoms with Crippen LogP contribution >= 0.6 is 11.6 Å². The molecule has 0 radical (unpaired) electrons. The first kappa shape index (κ1) is 20.8. The summed E-state index contributed by atoms with van der Waals surface area (Å²) < 4.78 is 1.86. The molecule has 9 heteroatoms. The number of carbonyl (C=O) groups excluding carboxylic acids is 1. The predicted molar refractivity (Wildman–Crippen MR) is 124 cm³/mol. The first-order chi connectivity index (χ1) is 15.7. The normalized spacial score (nSPS) is 17.6. The fraction of sp³-hybridized carbons (Fsp3) is 0.391. The summed E-state index contributed by atoms with van der Waals surface area (Å²) in [6, 6.07) is 9.87. The van der Waals surface area contributed by atoms with Gasteiger partial charge in [0.15, 0.2) is 0 Å². The molecule has 2 saturated heterocycles. The van der Waals surface area contributed by atoms with Crippen molar-refractivity contribution in [2.24, 2.45) is 5.92 Å². The number of rotatable bonds is 4. The van der Waals surface area contributed by atoms with Crippen LogP contribution in [0.4, 0.5) is 11.5 Å². The SMILES string of the molecule is O=C(C1CCN(c2cc(-n3ccnc3)ncn2)CC1)N1CCN(c2ccccc2Cl)CC1. The summed E-state index contributed by atoms with van der Waals surface area (Å²) in [7, 11) is 0. The molecule has 2 aromatic heterocycles. The quantitative estimate of drug-likeness (QED) is 0.607. The molecule has 166 valence electrons. The molecular formula is C23H26ClN7O. The van der Waals surface area contributed by atoms with Gasteiger partial charge in [0, 0.05) is 63.6 Å². The summed E-state index contributed by atoms with van der Waals surface area (Å²) >= 11 is 6.34. The highest BCUT2D eigenvalue weighted by atomic mass is 35.5. The Balaban J connectivity index is 1.15. The average molecular weight is 452 g/mol. The van der Waals surface area contributed by atoms with Crippen LogP contribution in [0.5, 0.6) is 0 Å². The van der Waals surface area contributed by atoms with Crippen molar-refractivity contribution >= 4 is 29.0 Å². The Bertz CT molecular complexity index is 1060. The number of nitrogens with zero attached hydrogens (tertiary/aromatic N) is 7. The third-order valence-electron chi connectivity index (χ3n) is 6.36. The van der Waals surface area contributed by atoms with Crippen LogP contribution in [0.15, 0.2) is 55.4 Å². The number of hydrogen-bond donors (Lipinski definition) is 0. The highest BCUT2D eigenvalue weighted by Gasteiger charge is 2.31. The monoisotopic (exact) mass is 451 g/mol. The van der Waals surface area contributed by atoms with Crippen LogP contribution in [0.2, 0.25) is 5.02 Å². The van der Waals surface area contributed by atoms with Gasteiger partial charge in [0.1, 0.15) is 24.3 Å². The molecular weight excluding hydrogens is 426 g/mol. The van der Waals surface area contributed by atoms with Gasteiger partial charge in [-0.25, -0.2) is 15.0 Å². The number of benzene rings is 1.